The van der Waals surface area contributed by atoms with Gasteiger partial charge < -0.3 is 20.5 Å². The van der Waals surface area contributed by atoms with Crippen molar-refractivity contribution < 1.29 is 14.6 Å². The van der Waals surface area contributed by atoms with Gasteiger partial charge in [0.05, 0.1) is 18.2 Å². The maximum atomic E-state index is 12.3. The molecule has 3 N–H and O–H groups in total. The summed E-state index contributed by atoms with van der Waals surface area (Å²) in [5.74, 6) is 1.32. The summed E-state index contributed by atoms with van der Waals surface area (Å²) in [5, 5.41) is 17.7. The molecule has 1 aliphatic heterocycles. The number of anilines is 2. The molecule has 1 atom stereocenters. The van der Waals surface area contributed by atoms with Crippen molar-refractivity contribution in [1.29, 1.82) is 0 Å². The fourth-order valence-corrected chi connectivity index (χ4v) is 6.40. The van der Waals surface area contributed by atoms with Crippen LogP contribution >= 0.6 is 11.3 Å². The van der Waals surface area contributed by atoms with Gasteiger partial charge in [0.2, 0.25) is 5.91 Å². The van der Waals surface area contributed by atoms with Gasteiger partial charge in [-0.2, -0.15) is 0 Å². The molecule has 0 radical (unpaired) electrons. The van der Waals surface area contributed by atoms with E-state index >= 15 is 0 Å². The Bertz CT molecular complexity index is 1470. The molecular weight excluding hydrogens is 522 g/mol. The highest BCUT2D eigenvalue weighted by Gasteiger charge is 2.24. The number of carbonyl (C=O) groups excluding carboxylic acids is 1. The highest BCUT2D eigenvalue weighted by molar-refractivity contribution is 7.19. The van der Waals surface area contributed by atoms with Crippen molar-refractivity contribution in [3.05, 3.63) is 75.9 Å². The molecule has 2 aromatic carbocycles. The number of hydrogen-bond donors (Lipinski definition) is 3. The maximum absolute atomic E-state index is 12.3. The van der Waals surface area contributed by atoms with Crippen molar-refractivity contribution in [2.24, 2.45) is 0 Å². The number of aliphatic hydroxyl groups excluding tert-OH is 1. The Balaban J connectivity index is 1.15. The zero-order chi connectivity index (χ0) is 28.1. The third-order valence-electron chi connectivity index (χ3n) is 7.56. The van der Waals surface area contributed by atoms with Crippen molar-refractivity contribution in [2.75, 3.05) is 32.1 Å². The summed E-state index contributed by atoms with van der Waals surface area (Å²) in [6, 6.07) is 13.7. The number of unbranched alkanes of at least 4 members (excludes halogenated alkanes) is 1. The van der Waals surface area contributed by atoms with Crippen LogP contribution in [0.2, 0.25) is 0 Å². The van der Waals surface area contributed by atoms with Gasteiger partial charge in [0.1, 0.15) is 28.8 Å². The number of aryl methyl sites for hydroxylation is 2. The molecule has 2 aromatic heterocycles. The normalized spacial score (nSPS) is 14.1. The summed E-state index contributed by atoms with van der Waals surface area (Å²) >= 11 is 1.75. The lowest BCUT2D eigenvalue weighted by molar-refractivity contribution is -0.129. The summed E-state index contributed by atoms with van der Waals surface area (Å²) in [6.07, 6.45) is 3.74. The van der Waals surface area contributed by atoms with Crippen LogP contribution in [0.25, 0.3) is 10.2 Å². The van der Waals surface area contributed by atoms with Crippen LogP contribution in [0.15, 0.2) is 48.8 Å². The zero-order valence-electron chi connectivity index (χ0n) is 23.4. The molecule has 0 fully saturated rings. The Kier molecular flexibility index (Phi) is 8.94. The van der Waals surface area contributed by atoms with E-state index in [4.69, 9.17) is 4.74 Å². The molecule has 3 heterocycles. The Morgan fingerprint density at radius 1 is 1.15 bits per heavy atom. The van der Waals surface area contributed by atoms with Crippen LogP contribution in [0.4, 0.5) is 11.5 Å². The van der Waals surface area contributed by atoms with Crippen molar-refractivity contribution in [3.63, 3.8) is 0 Å². The van der Waals surface area contributed by atoms with Crippen molar-refractivity contribution in [2.45, 2.75) is 52.2 Å². The summed E-state index contributed by atoms with van der Waals surface area (Å²) < 4.78 is 5.63. The van der Waals surface area contributed by atoms with Gasteiger partial charge in [0.15, 0.2) is 0 Å². The number of aliphatic hydroxyl groups is 1. The Morgan fingerprint density at radius 3 is 2.75 bits per heavy atom. The number of nitrogens with zero attached hydrogens (tertiary/aromatic N) is 3. The van der Waals surface area contributed by atoms with Crippen LogP contribution < -0.4 is 15.4 Å². The second kappa shape index (κ2) is 12.8. The summed E-state index contributed by atoms with van der Waals surface area (Å²) in [4.78, 5) is 26.3. The predicted octanol–water partition coefficient (Wildman–Crippen LogP) is 4.92. The van der Waals surface area contributed by atoms with Gasteiger partial charge in [-0.15, -0.1) is 11.3 Å². The number of ether oxygens (including phenoxy) is 1. The number of rotatable bonds is 11. The first-order valence-corrected chi connectivity index (χ1v) is 14.6. The van der Waals surface area contributed by atoms with E-state index in [0.717, 1.165) is 71.9 Å². The fraction of sp³-hybridized carbons (Fsp3) is 0.387. The van der Waals surface area contributed by atoms with Gasteiger partial charge in [-0.3, -0.25) is 9.69 Å². The summed E-state index contributed by atoms with van der Waals surface area (Å²) in [5.41, 5.74) is 5.57. The molecule has 1 unspecified atom stereocenters. The number of hydrogen-bond acceptors (Lipinski definition) is 8. The van der Waals surface area contributed by atoms with Gasteiger partial charge in [-0.1, -0.05) is 30.3 Å². The highest BCUT2D eigenvalue weighted by Crippen LogP contribution is 2.39. The molecule has 210 valence electrons. The number of benzene rings is 2. The molecule has 0 spiro atoms. The Morgan fingerprint density at radius 2 is 1.95 bits per heavy atom. The first kappa shape index (κ1) is 28.0. The molecule has 0 saturated carbocycles. The Labute approximate surface area is 239 Å². The third-order valence-corrected chi connectivity index (χ3v) is 8.68. The van der Waals surface area contributed by atoms with Crippen LogP contribution in [0, 0.1) is 13.8 Å². The van der Waals surface area contributed by atoms with Gasteiger partial charge in [-0.25, -0.2) is 9.97 Å². The molecule has 40 heavy (non-hydrogen) atoms. The quantitative estimate of drug-likeness (QED) is 0.224. The van der Waals surface area contributed by atoms with Crippen molar-refractivity contribution in [1.82, 2.24) is 20.2 Å². The SMILES string of the molecule is COc1cc(C)c(C)cc1Nc1ncnc2sc3c(c12)CCN(CCCCNC(=O)C(O)Cc1ccccc1)C3. The number of amides is 1. The second-order valence-corrected chi connectivity index (χ2v) is 11.5. The molecule has 0 saturated heterocycles. The largest absolute Gasteiger partial charge is 0.495 e. The van der Waals surface area contributed by atoms with E-state index in [1.807, 2.05) is 30.3 Å². The molecular formula is C31H37N5O3S. The van der Waals surface area contributed by atoms with E-state index in [1.54, 1.807) is 24.8 Å². The number of carbonyl (C=O) groups is 1. The highest BCUT2D eigenvalue weighted by atomic mass is 32.1. The molecule has 5 rings (SSSR count). The van der Waals surface area contributed by atoms with Gasteiger partial charge in [-0.05, 0) is 74.0 Å². The van der Waals surface area contributed by atoms with Crippen LogP contribution in [0.5, 0.6) is 5.75 Å². The van der Waals surface area contributed by atoms with Crippen LogP contribution in [-0.2, 0) is 24.2 Å². The minimum atomic E-state index is -1.02. The van der Waals surface area contributed by atoms with Crippen molar-refractivity contribution in [3.8, 4) is 5.75 Å². The lowest BCUT2D eigenvalue weighted by Gasteiger charge is -2.27. The van der Waals surface area contributed by atoms with E-state index in [9.17, 15) is 9.90 Å². The average Bonchev–Trinajstić information content (AvgIpc) is 3.33. The number of fused-ring (bicyclic) bond motifs is 3. The molecule has 4 aromatic rings. The molecule has 0 aliphatic carbocycles. The predicted molar refractivity (Wildman–Crippen MR) is 161 cm³/mol. The summed E-state index contributed by atoms with van der Waals surface area (Å²) in [7, 11) is 1.69. The molecule has 1 aliphatic rings. The van der Waals surface area contributed by atoms with E-state index < -0.39 is 6.10 Å². The van der Waals surface area contributed by atoms with E-state index in [1.165, 1.54) is 21.6 Å². The first-order valence-electron chi connectivity index (χ1n) is 13.8. The molecule has 1 amide bonds. The monoisotopic (exact) mass is 559 g/mol. The first-order chi connectivity index (χ1) is 19.4. The standard InChI is InChI=1S/C31H37N5O3S/c1-20-15-24(26(39-3)16-21(20)2)35-29-28-23-11-14-36(18-27(23)40-31(28)34-19-33-29)13-8-7-12-32-30(38)25(37)17-22-9-5-4-6-10-22/h4-6,9-10,15-16,19,25,37H,7-8,11-14,17-18H2,1-3H3,(H,32,38)(H,33,34,35). The average molecular weight is 560 g/mol. The fourth-order valence-electron chi connectivity index (χ4n) is 5.17. The number of thiophene rings is 1. The topological polar surface area (TPSA) is 99.6 Å². The van der Waals surface area contributed by atoms with Crippen LogP contribution in [0.3, 0.4) is 0 Å². The molecule has 0 bridgehead atoms. The summed E-state index contributed by atoms with van der Waals surface area (Å²) in [6.45, 7) is 7.58. The van der Waals surface area contributed by atoms with E-state index in [2.05, 4.69) is 51.5 Å². The Hall–Kier alpha value is -3.53. The molecule has 8 nitrogen and oxygen atoms in total. The maximum Gasteiger partial charge on any atom is 0.249 e. The van der Waals surface area contributed by atoms with Gasteiger partial charge in [0, 0.05) is 30.9 Å². The lowest BCUT2D eigenvalue weighted by atomic mass is 10.0. The lowest BCUT2D eigenvalue weighted by Crippen LogP contribution is -2.36. The second-order valence-electron chi connectivity index (χ2n) is 10.4. The van der Waals surface area contributed by atoms with E-state index in [0.29, 0.717) is 13.0 Å². The minimum Gasteiger partial charge on any atom is -0.495 e. The number of nitrogens with one attached hydrogen (secondary N) is 2. The van der Waals surface area contributed by atoms with Gasteiger partial charge in [0.25, 0.3) is 0 Å². The smallest absolute Gasteiger partial charge is 0.249 e. The number of aromatic nitrogens is 2. The van der Waals surface area contributed by atoms with Crippen LogP contribution in [-0.4, -0.2) is 58.7 Å². The van der Waals surface area contributed by atoms with E-state index in [-0.39, 0.29) is 5.91 Å². The zero-order valence-corrected chi connectivity index (χ0v) is 24.2. The van der Waals surface area contributed by atoms with Gasteiger partial charge >= 0.3 is 0 Å². The number of methoxy groups -OCH3 is 1. The molecule has 9 heteroatoms. The third kappa shape index (κ3) is 6.43. The van der Waals surface area contributed by atoms with Crippen molar-refractivity contribution >= 4 is 39.0 Å². The minimum absolute atomic E-state index is 0.305. The van der Waals surface area contributed by atoms with Crippen LogP contribution in [0.1, 0.15) is 40.0 Å².